The van der Waals surface area contributed by atoms with Gasteiger partial charge in [-0.25, -0.2) is 4.98 Å². The summed E-state index contributed by atoms with van der Waals surface area (Å²) >= 11 is 0. The summed E-state index contributed by atoms with van der Waals surface area (Å²) in [6, 6.07) is 10.7. The van der Waals surface area contributed by atoms with E-state index in [-0.39, 0.29) is 43.0 Å². The van der Waals surface area contributed by atoms with Crippen LogP contribution in [0.2, 0.25) is 0 Å². The van der Waals surface area contributed by atoms with E-state index in [9.17, 15) is 13.2 Å². The standard InChI is InChI=1S/C22H21F3N6.2ClH/c1-13-3-2-4-14-5-7-17(27-19(13)14)21-29-28-18-8-6-15(11-31(18)21)20(22(23,24)25)30-10-9-16(26)12-30;;/h2-8,11,16,20H,9-10,12,26H2,1H3;2*1H/t16?,20-;;/m1../s1. The number of hydrogen-bond donors (Lipinski definition) is 1. The first-order valence-corrected chi connectivity index (χ1v) is 10.1. The Morgan fingerprint density at radius 1 is 1.06 bits per heavy atom. The van der Waals surface area contributed by atoms with Crippen LogP contribution in [0.25, 0.3) is 28.1 Å². The molecule has 0 bridgehead atoms. The van der Waals surface area contributed by atoms with Gasteiger partial charge in [0, 0.05) is 30.7 Å². The minimum Gasteiger partial charge on any atom is -0.326 e. The summed E-state index contributed by atoms with van der Waals surface area (Å²) in [6.07, 6.45) is -2.41. The third-order valence-corrected chi connectivity index (χ3v) is 5.82. The number of likely N-dealkylation sites (tertiary alicyclic amines) is 1. The predicted octanol–water partition coefficient (Wildman–Crippen LogP) is 4.73. The van der Waals surface area contributed by atoms with Gasteiger partial charge in [-0.3, -0.25) is 9.30 Å². The van der Waals surface area contributed by atoms with E-state index in [1.54, 1.807) is 10.5 Å². The second-order valence-electron chi connectivity index (χ2n) is 8.05. The third kappa shape index (κ3) is 4.63. The van der Waals surface area contributed by atoms with Crippen LogP contribution in [0.3, 0.4) is 0 Å². The fraction of sp³-hybridized carbons (Fsp3) is 0.318. The van der Waals surface area contributed by atoms with Gasteiger partial charge in [0.25, 0.3) is 0 Å². The Morgan fingerprint density at radius 2 is 1.85 bits per heavy atom. The Morgan fingerprint density at radius 3 is 2.55 bits per heavy atom. The van der Waals surface area contributed by atoms with Crippen molar-refractivity contribution in [1.29, 1.82) is 0 Å². The van der Waals surface area contributed by atoms with E-state index in [1.165, 1.54) is 17.2 Å². The summed E-state index contributed by atoms with van der Waals surface area (Å²) in [4.78, 5) is 6.10. The van der Waals surface area contributed by atoms with Gasteiger partial charge in [0.2, 0.25) is 0 Å². The molecule has 0 radical (unpaired) electrons. The minimum absolute atomic E-state index is 0. The maximum Gasteiger partial charge on any atom is 0.408 e. The second-order valence-corrected chi connectivity index (χ2v) is 8.05. The number of hydrogen-bond acceptors (Lipinski definition) is 5. The van der Waals surface area contributed by atoms with Gasteiger partial charge in [-0.2, -0.15) is 13.2 Å². The largest absolute Gasteiger partial charge is 0.408 e. The molecule has 2 N–H and O–H groups in total. The number of pyridine rings is 2. The highest BCUT2D eigenvalue weighted by Crippen LogP contribution is 2.39. The topological polar surface area (TPSA) is 72.3 Å². The molecular formula is C22H23Cl2F3N6. The van der Waals surface area contributed by atoms with Gasteiger partial charge in [0.05, 0.1) is 5.52 Å². The zero-order valence-corrected chi connectivity index (χ0v) is 19.3. The normalized spacial score (nSPS) is 17.7. The fourth-order valence-electron chi connectivity index (χ4n) is 4.32. The van der Waals surface area contributed by atoms with Crippen molar-refractivity contribution in [2.45, 2.75) is 31.6 Å². The molecule has 0 saturated carbocycles. The molecule has 0 aliphatic carbocycles. The molecule has 176 valence electrons. The van der Waals surface area contributed by atoms with Crippen molar-refractivity contribution < 1.29 is 13.2 Å². The van der Waals surface area contributed by atoms with Crippen LogP contribution in [0.5, 0.6) is 0 Å². The number of nitrogens with two attached hydrogens (primary N) is 1. The Balaban J connectivity index is 0.00000153. The van der Waals surface area contributed by atoms with Crippen LogP contribution in [0.15, 0.2) is 48.7 Å². The maximum atomic E-state index is 14.0. The number of fused-ring (bicyclic) bond motifs is 2. The van der Waals surface area contributed by atoms with Crippen LogP contribution < -0.4 is 5.73 Å². The molecule has 33 heavy (non-hydrogen) atoms. The van der Waals surface area contributed by atoms with Crippen molar-refractivity contribution in [3.63, 3.8) is 0 Å². The first-order chi connectivity index (χ1) is 14.8. The summed E-state index contributed by atoms with van der Waals surface area (Å²) in [5.41, 5.74) is 8.86. The van der Waals surface area contributed by atoms with E-state index >= 15 is 0 Å². The van der Waals surface area contributed by atoms with Crippen LogP contribution in [0, 0.1) is 6.92 Å². The molecule has 0 amide bonds. The van der Waals surface area contributed by atoms with E-state index in [2.05, 4.69) is 10.2 Å². The Kier molecular flexibility index (Phi) is 7.18. The predicted molar refractivity (Wildman–Crippen MR) is 126 cm³/mol. The first kappa shape index (κ1) is 25.2. The van der Waals surface area contributed by atoms with Crippen molar-refractivity contribution >= 4 is 41.4 Å². The molecule has 11 heteroatoms. The monoisotopic (exact) mass is 498 g/mol. The molecule has 1 aliphatic heterocycles. The van der Waals surface area contributed by atoms with Crippen LogP contribution in [-0.2, 0) is 0 Å². The molecular weight excluding hydrogens is 476 g/mol. The van der Waals surface area contributed by atoms with Gasteiger partial charge in [0.15, 0.2) is 11.5 Å². The quantitative estimate of drug-likeness (QED) is 0.441. The lowest BCUT2D eigenvalue weighted by Crippen LogP contribution is -2.38. The Labute approximate surface area is 200 Å². The van der Waals surface area contributed by atoms with Gasteiger partial charge in [0.1, 0.15) is 11.7 Å². The summed E-state index contributed by atoms with van der Waals surface area (Å²) in [5.74, 6) is 0.404. The van der Waals surface area contributed by atoms with Gasteiger partial charge in [-0.1, -0.05) is 30.3 Å². The number of para-hydroxylation sites is 1. The van der Waals surface area contributed by atoms with Crippen molar-refractivity contribution in [2.24, 2.45) is 5.73 Å². The zero-order chi connectivity index (χ0) is 21.8. The van der Waals surface area contributed by atoms with Crippen molar-refractivity contribution in [3.8, 4) is 11.5 Å². The van der Waals surface area contributed by atoms with Gasteiger partial charge in [-0.05, 0) is 36.6 Å². The van der Waals surface area contributed by atoms with Crippen LogP contribution in [0.4, 0.5) is 13.2 Å². The Bertz CT molecular complexity index is 1280. The van der Waals surface area contributed by atoms with E-state index < -0.39 is 12.2 Å². The fourth-order valence-corrected chi connectivity index (χ4v) is 4.32. The number of alkyl halides is 3. The minimum atomic E-state index is -4.43. The number of aromatic nitrogens is 4. The number of halogens is 5. The van der Waals surface area contributed by atoms with Crippen molar-refractivity contribution in [2.75, 3.05) is 13.1 Å². The smallest absolute Gasteiger partial charge is 0.326 e. The number of benzene rings is 1. The van der Waals surface area contributed by atoms with Crippen molar-refractivity contribution in [1.82, 2.24) is 24.5 Å². The van der Waals surface area contributed by atoms with Crippen LogP contribution >= 0.6 is 24.8 Å². The van der Waals surface area contributed by atoms with E-state index in [0.29, 0.717) is 30.1 Å². The number of nitrogens with zero attached hydrogens (tertiary/aromatic N) is 5. The molecule has 1 saturated heterocycles. The number of aryl methyl sites for hydroxylation is 1. The molecule has 4 aromatic rings. The maximum absolute atomic E-state index is 14.0. The summed E-state index contributed by atoms with van der Waals surface area (Å²) in [7, 11) is 0. The highest BCUT2D eigenvalue weighted by molar-refractivity contribution is 5.86. The summed E-state index contributed by atoms with van der Waals surface area (Å²) in [5, 5.41) is 9.32. The lowest BCUT2D eigenvalue weighted by molar-refractivity contribution is -0.183. The zero-order valence-electron chi connectivity index (χ0n) is 17.7. The molecule has 2 atom stereocenters. The molecule has 1 aromatic carbocycles. The van der Waals surface area contributed by atoms with Crippen molar-refractivity contribution in [3.05, 3.63) is 59.8 Å². The summed E-state index contributed by atoms with van der Waals surface area (Å²) in [6.45, 7) is 2.49. The molecule has 0 spiro atoms. The molecule has 3 aromatic heterocycles. The average Bonchev–Trinajstić information content (AvgIpc) is 3.33. The van der Waals surface area contributed by atoms with E-state index in [4.69, 9.17) is 10.7 Å². The second kappa shape index (κ2) is 9.42. The van der Waals surface area contributed by atoms with E-state index in [0.717, 1.165) is 16.5 Å². The number of rotatable bonds is 3. The van der Waals surface area contributed by atoms with E-state index in [1.807, 2.05) is 37.3 Å². The highest BCUT2D eigenvalue weighted by atomic mass is 35.5. The molecule has 1 unspecified atom stereocenters. The van der Waals surface area contributed by atoms with Crippen LogP contribution in [0.1, 0.15) is 23.6 Å². The molecule has 1 aliphatic rings. The lowest BCUT2D eigenvalue weighted by atomic mass is 10.1. The average molecular weight is 499 g/mol. The van der Waals surface area contributed by atoms with Crippen LogP contribution in [-0.4, -0.2) is 49.8 Å². The molecule has 6 nitrogen and oxygen atoms in total. The van der Waals surface area contributed by atoms with Gasteiger partial charge < -0.3 is 5.73 Å². The SMILES string of the molecule is Cc1cccc2ccc(-c3nnc4ccc([C@@H](N5CCC(N)C5)C(F)(F)F)cn34)nc12.Cl.Cl. The Hall–Kier alpha value is -2.46. The highest BCUT2D eigenvalue weighted by Gasteiger charge is 2.46. The molecule has 4 heterocycles. The third-order valence-electron chi connectivity index (χ3n) is 5.82. The lowest BCUT2D eigenvalue weighted by Gasteiger charge is -2.30. The summed E-state index contributed by atoms with van der Waals surface area (Å²) < 4.78 is 43.6. The first-order valence-electron chi connectivity index (χ1n) is 10.1. The molecule has 5 rings (SSSR count). The molecule has 1 fully saturated rings. The van der Waals surface area contributed by atoms with Gasteiger partial charge in [-0.15, -0.1) is 35.0 Å². The van der Waals surface area contributed by atoms with Gasteiger partial charge >= 0.3 is 6.18 Å².